The highest BCUT2D eigenvalue weighted by Crippen LogP contribution is 2.21. The van der Waals surface area contributed by atoms with Gasteiger partial charge in [0, 0.05) is 18.1 Å². The maximum Gasteiger partial charge on any atom is 0.174 e. The van der Waals surface area contributed by atoms with E-state index in [1.165, 1.54) is 16.0 Å². The fourth-order valence-corrected chi connectivity index (χ4v) is 2.88. The average Bonchev–Trinajstić information content (AvgIpc) is 2.57. The Hall–Kier alpha value is -1.98. The summed E-state index contributed by atoms with van der Waals surface area (Å²) in [6.07, 6.45) is 3.71. The van der Waals surface area contributed by atoms with E-state index >= 15 is 0 Å². The number of likely N-dealkylation sites (N-methyl/N-ethyl adjacent to an activating group) is 1. The van der Waals surface area contributed by atoms with Crippen LogP contribution in [-0.2, 0) is 0 Å². The molecule has 1 aromatic carbocycles. The van der Waals surface area contributed by atoms with Gasteiger partial charge in [0.15, 0.2) is 5.11 Å². The summed E-state index contributed by atoms with van der Waals surface area (Å²) in [5.41, 5.74) is 3.41. The summed E-state index contributed by atoms with van der Waals surface area (Å²) in [5.74, 6) is 0. The molecule has 1 aromatic heterocycles. The Kier molecular flexibility index (Phi) is 6.70. The topological polar surface area (TPSA) is 32.6 Å². The molecule has 24 heavy (non-hydrogen) atoms. The molecule has 0 radical (unpaired) electrons. The maximum atomic E-state index is 5.73. The number of anilines is 1. The molecule has 0 saturated heterocycles. The third kappa shape index (κ3) is 5.01. The van der Waals surface area contributed by atoms with Gasteiger partial charge in [-0.1, -0.05) is 24.3 Å². The molecule has 4 nitrogen and oxygen atoms in total. The first-order valence-electron chi connectivity index (χ1n) is 8.31. The molecule has 2 aromatic rings. The molecule has 1 heterocycles. The Morgan fingerprint density at radius 2 is 2.00 bits per heavy atom. The summed E-state index contributed by atoms with van der Waals surface area (Å²) < 4.78 is 0. The fourth-order valence-electron chi connectivity index (χ4n) is 2.52. The number of para-hydroxylation sites is 1. The van der Waals surface area contributed by atoms with E-state index in [2.05, 4.69) is 61.3 Å². The van der Waals surface area contributed by atoms with Crippen molar-refractivity contribution in [1.29, 1.82) is 0 Å². The van der Waals surface area contributed by atoms with Gasteiger partial charge in [-0.25, -0.2) is 0 Å². The van der Waals surface area contributed by atoms with Crippen LogP contribution < -0.4 is 10.2 Å². The molecule has 1 atom stereocenters. The van der Waals surface area contributed by atoms with Crippen LogP contribution in [0.15, 0.2) is 48.8 Å². The van der Waals surface area contributed by atoms with Crippen molar-refractivity contribution in [3.8, 4) is 0 Å². The van der Waals surface area contributed by atoms with Crippen LogP contribution in [0.3, 0.4) is 0 Å². The number of thiocarbonyl (C=S) groups is 1. The van der Waals surface area contributed by atoms with Crippen LogP contribution in [0, 0.1) is 6.92 Å². The molecule has 0 aliphatic heterocycles. The van der Waals surface area contributed by atoms with E-state index in [0.717, 1.165) is 23.9 Å². The molecule has 5 heteroatoms. The highest BCUT2D eigenvalue weighted by atomic mass is 32.1. The van der Waals surface area contributed by atoms with Gasteiger partial charge in [0.25, 0.3) is 0 Å². The van der Waals surface area contributed by atoms with Gasteiger partial charge in [0.2, 0.25) is 0 Å². The molecule has 0 bridgehead atoms. The maximum absolute atomic E-state index is 5.73. The van der Waals surface area contributed by atoms with Gasteiger partial charge < -0.3 is 15.1 Å². The predicted molar refractivity (Wildman–Crippen MR) is 104 cm³/mol. The highest BCUT2D eigenvalue weighted by molar-refractivity contribution is 7.80. The van der Waals surface area contributed by atoms with Gasteiger partial charge in [0.1, 0.15) is 0 Å². The SMILES string of the molecule is Cc1ccccc1NC(=S)N(CC[NH+](C)C)C(C)c1cccnc1. The van der Waals surface area contributed by atoms with Crippen molar-refractivity contribution >= 4 is 23.0 Å². The Bertz CT molecular complexity index is 657. The van der Waals surface area contributed by atoms with Gasteiger partial charge in [-0.2, -0.15) is 0 Å². The Balaban J connectivity index is 2.18. The fraction of sp³-hybridized carbons (Fsp3) is 0.368. The molecule has 128 valence electrons. The lowest BCUT2D eigenvalue weighted by molar-refractivity contribution is -0.857. The van der Waals surface area contributed by atoms with E-state index < -0.39 is 0 Å². The normalized spacial score (nSPS) is 12.0. The molecule has 0 spiro atoms. The van der Waals surface area contributed by atoms with Crippen molar-refractivity contribution in [2.45, 2.75) is 19.9 Å². The lowest BCUT2D eigenvalue weighted by Gasteiger charge is -2.32. The number of hydrogen-bond acceptors (Lipinski definition) is 2. The Morgan fingerprint density at radius 3 is 2.62 bits per heavy atom. The first-order valence-corrected chi connectivity index (χ1v) is 8.72. The van der Waals surface area contributed by atoms with Crippen LogP contribution in [0.4, 0.5) is 5.69 Å². The van der Waals surface area contributed by atoms with E-state index in [0.29, 0.717) is 0 Å². The molecule has 0 saturated carbocycles. The van der Waals surface area contributed by atoms with Gasteiger partial charge in [-0.05, 0) is 49.3 Å². The van der Waals surface area contributed by atoms with Crippen LogP contribution in [0.1, 0.15) is 24.1 Å². The lowest BCUT2D eigenvalue weighted by atomic mass is 10.1. The smallest absolute Gasteiger partial charge is 0.174 e. The monoisotopic (exact) mass is 343 g/mol. The number of aromatic nitrogens is 1. The summed E-state index contributed by atoms with van der Waals surface area (Å²) >= 11 is 5.73. The van der Waals surface area contributed by atoms with Crippen molar-refractivity contribution in [2.24, 2.45) is 0 Å². The van der Waals surface area contributed by atoms with Crippen LogP contribution in [0.5, 0.6) is 0 Å². The number of aryl methyl sites for hydroxylation is 1. The average molecular weight is 344 g/mol. The van der Waals surface area contributed by atoms with Crippen molar-refractivity contribution in [3.05, 3.63) is 59.9 Å². The number of nitrogens with one attached hydrogen (secondary N) is 2. The second-order valence-corrected chi connectivity index (χ2v) is 6.74. The van der Waals surface area contributed by atoms with E-state index in [1.807, 2.05) is 24.4 Å². The number of quaternary nitrogens is 1. The summed E-state index contributed by atoms with van der Waals surface area (Å²) in [7, 11) is 4.31. The second-order valence-electron chi connectivity index (χ2n) is 6.36. The van der Waals surface area contributed by atoms with E-state index in [4.69, 9.17) is 12.2 Å². The zero-order chi connectivity index (χ0) is 17.5. The van der Waals surface area contributed by atoms with E-state index in [9.17, 15) is 0 Å². The van der Waals surface area contributed by atoms with Gasteiger partial charge in [-0.3, -0.25) is 4.98 Å². The highest BCUT2D eigenvalue weighted by Gasteiger charge is 2.20. The minimum Gasteiger partial charge on any atom is -0.338 e. The zero-order valence-electron chi connectivity index (χ0n) is 14.9. The second kappa shape index (κ2) is 8.76. The summed E-state index contributed by atoms with van der Waals surface area (Å²) in [6, 6.07) is 12.5. The molecule has 0 amide bonds. The minimum absolute atomic E-state index is 0.169. The van der Waals surface area contributed by atoms with Gasteiger partial charge in [-0.15, -0.1) is 0 Å². The minimum atomic E-state index is 0.169. The Morgan fingerprint density at radius 1 is 1.25 bits per heavy atom. The van der Waals surface area contributed by atoms with E-state index in [-0.39, 0.29) is 6.04 Å². The molecule has 0 aliphatic carbocycles. The van der Waals surface area contributed by atoms with E-state index in [1.54, 1.807) is 6.20 Å². The third-order valence-electron chi connectivity index (χ3n) is 4.13. The predicted octanol–water partition coefficient (Wildman–Crippen LogP) is 2.29. The van der Waals surface area contributed by atoms with Crippen LogP contribution in [-0.4, -0.2) is 42.2 Å². The quantitative estimate of drug-likeness (QED) is 0.789. The molecular weight excluding hydrogens is 316 g/mol. The van der Waals surface area contributed by atoms with Crippen LogP contribution >= 0.6 is 12.2 Å². The van der Waals surface area contributed by atoms with Crippen molar-refractivity contribution in [2.75, 3.05) is 32.5 Å². The van der Waals surface area contributed by atoms with Crippen molar-refractivity contribution < 1.29 is 4.90 Å². The molecule has 0 aliphatic rings. The van der Waals surface area contributed by atoms with Crippen LogP contribution in [0.2, 0.25) is 0 Å². The summed E-state index contributed by atoms with van der Waals surface area (Å²) in [6.45, 7) is 6.16. The summed E-state index contributed by atoms with van der Waals surface area (Å²) in [5, 5.41) is 4.16. The first kappa shape index (κ1) is 18.4. The number of pyridine rings is 1. The molecule has 2 N–H and O–H groups in total. The van der Waals surface area contributed by atoms with Gasteiger partial charge >= 0.3 is 0 Å². The largest absolute Gasteiger partial charge is 0.338 e. The number of nitrogens with zero attached hydrogens (tertiary/aromatic N) is 2. The Labute approximate surface area is 150 Å². The standard InChI is InChI=1S/C19H26N4S/c1-15-8-5-6-10-18(15)21-19(24)23(13-12-22(3)4)16(2)17-9-7-11-20-14-17/h5-11,14,16H,12-13H2,1-4H3,(H,21,24)/p+1. The lowest BCUT2D eigenvalue weighted by Crippen LogP contribution is -3.06. The molecule has 0 fully saturated rings. The molecule has 2 rings (SSSR count). The first-order chi connectivity index (χ1) is 11.5. The number of hydrogen-bond donors (Lipinski definition) is 2. The summed E-state index contributed by atoms with van der Waals surface area (Å²) in [4.78, 5) is 7.89. The van der Waals surface area contributed by atoms with Crippen LogP contribution in [0.25, 0.3) is 0 Å². The van der Waals surface area contributed by atoms with Gasteiger partial charge in [0.05, 0.1) is 33.2 Å². The van der Waals surface area contributed by atoms with Crippen molar-refractivity contribution in [3.63, 3.8) is 0 Å². The third-order valence-corrected chi connectivity index (χ3v) is 4.47. The number of benzene rings is 1. The number of rotatable bonds is 6. The zero-order valence-corrected chi connectivity index (χ0v) is 15.7. The van der Waals surface area contributed by atoms with Crippen molar-refractivity contribution in [1.82, 2.24) is 9.88 Å². The molecular formula is C19H27N4S+. The molecule has 1 unspecified atom stereocenters.